The van der Waals surface area contributed by atoms with E-state index in [4.69, 9.17) is 14.6 Å². The average molecular weight is 280 g/mol. The first-order valence-corrected chi connectivity index (χ1v) is 6.23. The van der Waals surface area contributed by atoms with Crippen molar-refractivity contribution in [2.45, 2.75) is 12.5 Å². The van der Waals surface area contributed by atoms with E-state index < -0.39 is 12.1 Å². The Morgan fingerprint density at radius 2 is 2.40 bits per heavy atom. The normalized spacial score (nSPS) is 18.6. The van der Waals surface area contributed by atoms with Crippen molar-refractivity contribution in [1.82, 2.24) is 9.88 Å². The number of morpholine rings is 1. The molecule has 1 aromatic heterocycles. The van der Waals surface area contributed by atoms with Crippen molar-refractivity contribution in [1.29, 1.82) is 0 Å². The van der Waals surface area contributed by atoms with Crippen LogP contribution >= 0.6 is 0 Å². The molecule has 0 saturated carbocycles. The van der Waals surface area contributed by atoms with Gasteiger partial charge in [0.15, 0.2) is 0 Å². The maximum absolute atomic E-state index is 12.3. The molecule has 0 radical (unpaired) electrons. The highest BCUT2D eigenvalue weighted by atomic mass is 16.5. The van der Waals surface area contributed by atoms with Gasteiger partial charge < -0.3 is 19.5 Å². The number of aliphatic carboxylic acids is 1. The second-order valence-electron chi connectivity index (χ2n) is 4.42. The summed E-state index contributed by atoms with van der Waals surface area (Å²) in [5.41, 5.74) is 0.278. The number of hydrogen-bond acceptors (Lipinski definition) is 5. The van der Waals surface area contributed by atoms with Crippen molar-refractivity contribution >= 4 is 11.9 Å². The van der Waals surface area contributed by atoms with E-state index in [1.54, 1.807) is 17.0 Å². The molecule has 0 aromatic carbocycles. The molecule has 1 saturated heterocycles. The van der Waals surface area contributed by atoms with Crippen LogP contribution in [-0.2, 0) is 9.53 Å². The minimum atomic E-state index is -0.941. The fourth-order valence-electron chi connectivity index (χ4n) is 2.04. The summed E-state index contributed by atoms with van der Waals surface area (Å²) >= 11 is 0. The third kappa shape index (κ3) is 3.45. The second-order valence-corrected chi connectivity index (χ2v) is 4.42. The first-order chi connectivity index (χ1) is 9.60. The number of amides is 1. The van der Waals surface area contributed by atoms with E-state index in [1.807, 2.05) is 0 Å². The minimum absolute atomic E-state index is 0.116. The number of nitrogens with zero attached hydrogens (tertiary/aromatic N) is 2. The molecule has 1 N–H and O–H groups in total. The SMILES string of the molecule is COc1ccnc(C(=O)N2CCOC(CC(=O)O)C2)c1. The molecule has 1 atom stereocenters. The van der Waals surface area contributed by atoms with Crippen molar-refractivity contribution in [2.75, 3.05) is 26.8 Å². The van der Waals surface area contributed by atoms with Gasteiger partial charge in [-0.3, -0.25) is 14.6 Å². The zero-order chi connectivity index (χ0) is 14.5. The maximum atomic E-state index is 12.3. The van der Waals surface area contributed by atoms with Crippen LogP contribution in [0.15, 0.2) is 18.3 Å². The molecular formula is C13H16N2O5. The summed E-state index contributed by atoms with van der Waals surface area (Å²) in [6.07, 6.45) is 0.909. The summed E-state index contributed by atoms with van der Waals surface area (Å²) in [7, 11) is 1.52. The number of aromatic nitrogens is 1. The summed E-state index contributed by atoms with van der Waals surface area (Å²) in [5, 5.41) is 8.76. The van der Waals surface area contributed by atoms with Crippen molar-refractivity contribution in [2.24, 2.45) is 0 Å². The molecule has 7 heteroatoms. The Bertz CT molecular complexity index is 505. The first-order valence-electron chi connectivity index (χ1n) is 6.23. The Morgan fingerprint density at radius 1 is 1.60 bits per heavy atom. The van der Waals surface area contributed by atoms with Crippen LogP contribution in [0, 0.1) is 0 Å². The van der Waals surface area contributed by atoms with Gasteiger partial charge in [-0.25, -0.2) is 0 Å². The zero-order valence-electron chi connectivity index (χ0n) is 11.1. The Labute approximate surface area is 116 Å². The van der Waals surface area contributed by atoms with Crippen LogP contribution in [0.4, 0.5) is 0 Å². The van der Waals surface area contributed by atoms with Crippen LogP contribution in [0.1, 0.15) is 16.9 Å². The van der Waals surface area contributed by atoms with E-state index in [2.05, 4.69) is 4.98 Å². The molecule has 1 aromatic rings. The van der Waals surface area contributed by atoms with E-state index in [1.165, 1.54) is 13.3 Å². The molecule has 0 spiro atoms. The number of carbonyl (C=O) groups is 2. The highest BCUT2D eigenvalue weighted by Gasteiger charge is 2.27. The number of rotatable bonds is 4. The molecule has 2 rings (SSSR count). The highest BCUT2D eigenvalue weighted by molar-refractivity contribution is 5.92. The molecule has 0 bridgehead atoms. The lowest BCUT2D eigenvalue weighted by Gasteiger charge is -2.32. The van der Waals surface area contributed by atoms with Gasteiger partial charge in [-0.15, -0.1) is 0 Å². The lowest BCUT2D eigenvalue weighted by Crippen LogP contribution is -2.46. The van der Waals surface area contributed by atoms with Gasteiger partial charge in [0, 0.05) is 25.4 Å². The smallest absolute Gasteiger partial charge is 0.306 e. The topological polar surface area (TPSA) is 89.0 Å². The van der Waals surface area contributed by atoms with Crippen LogP contribution in [0.3, 0.4) is 0 Å². The lowest BCUT2D eigenvalue weighted by molar-refractivity contribution is -0.141. The van der Waals surface area contributed by atoms with Crippen LogP contribution in [0.25, 0.3) is 0 Å². The number of methoxy groups -OCH3 is 1. The maximum Gasteiger partial charge on any atom is 0.306 e. The lowest BCUT2D eigenvalue weighted by atomic mass is 10.2. The van der Waals surface area contributed by atoms with Crippen LogP contribution in [0.5, 0.6) is 5.75 Å². The third-order valence-corrected chi connectivity index (χ3v) is 3.01. The number of pyridine rings is 1. The summed E-state index contributed by atoms with van der Waals surface area (Å²) in [4.78, 5) is 28.6. The summed E-state index contributed by atoms with van der Waals surface area (Å²) in [6.45, 7) is 1.01. The average Bonchev–Trinajstić information content (AvgIpc) is 2.46. The molecule has 1 amide bonds. The fraction of sp³-hybridized carbons (Fsp3) is 0.462. The molecule has 1 aliphatic heterocycles. The standard InChI is InChI=1S/C13H16N2O5/c1-19-9-2-3-14-11(6-9)13(18)15-4-5-20-10(8-15)7-12(16)17/h2-3,6,10H,4-5,7-8H2,1H3,(H,16,17). The van der Waals surface area contributed by atoms with Gasteiger partial charge in [0.2, 0.25) is 0 Å². The summed E-state index contributed by atoms with van der Waals surface area (Å²) in [6, 6.07) is 3.22. The monoisotopic (exact) mass is 280 g/mol. The summed E-state index contributed by atoms with van der Waals surface area (Å²) < 4.78 is 10.4. The quantitative estimate of drug-likeness (QED) is 0.859. The first kappa shape index (κ1) is 14.3. The number of carboxylic acids is 1. The van der Waals surface area contributed by atoms with Gasteiger partial charge in [0.1, 0.15) is 11.4 Å². The van der Waals surface area contributed by atoms with E-state index in [0.29, 0.717) is 18.9 Å². The van der Waals surface area contributed by atoms with Gasteiger partial charge in [-0.1, -0.05) is 0 Å². The van der Waals surface area contributed by atoms with Gasteiger partial charge in [0.25, 0.3) is 5.91 Å². The molecule has 0 aliphatic carbocycles. The number of hydrogen-bond donors (Lipinski definition) is 1. The van der Waals surface area contributed by atoms with E-state index in [-0.39, 0.29) is 24.6 Å². The molecule has 1 fully saturated rings. The van der Waals surface area contributed by atoms with Crippen LogP contribution in [0.2, 0.25) is 0 Å². The third-order valence-electron chi connectivity index (χ3n) is 3.01. The molecule has 108 valence electrons. The Hall–Kier alpha value is -2.15. The van der Waals surface area contributed by atoms with Gasteiger partial charge in [-0.2, -0.15) is 0 Å². The van der Waals surface area contributed by atoms with Gasteiger partial charge in [0.05, 0.1) is 26.2 Å². The molecular weight excluding hydrogens is 264 g/mol. The minimum Gasteiger partial charge on any atom is -0.497 e. The molecule has 1 aliphatic rings. The van der Waals surface area contributed by atoms with Crippen molar-refractivity contribution in [3.8, 4) is 5.75 Å². The van der Waals surface area contributed by atoms with E-state index >= 15 is 0 Å². The van der Waals surface area contributed by atoms with Crippen molar-refractivity contribution < 1.29 is 24.2 Å². The molecule has 7 nitrogen and oxygen atoms in total. The predicted octanol–water partition coefficient (Wildman–Crippen LogP) is 0.406. The predicted molar refractivity (Wildman–Crippen MR) is 68.7 cm³/mol. The number of carboxylic acid groups (broad SMARTS) is 1. The largest absolute Gasteiger partial charge is 0.497 e. The Kier molecular flexibility index (Phi) is 4.52. The van der Waals surface area contributed by atoms with Gasteiger partial charge in [-0.05, 0) is 6.07 Å². The van der Waals surface area contributed by atoms with Crippen LogP contribution in [-0.4, -0.2) is 59.8 Å². The molecule has 2 heterocycles. The zero-order valence-corrected chi connectivity index (χ0v) is 11.1. The number of ether oxygens (including phenoxy) is 2. The Balaban J connectivity index is 2.06. The molecule has 1 unspecified atom stereocenters. The second kappa shape index (κ2) is 6.33. The van der Waals surface area contributed by atoms with Crippen LogP contribution < -0.4 is 4.74 Å². The summed E-state index contributed by atoms with van der Waals surface area (Å²) in [5.74, 6) is -0.634. The number of carbonyl (C=O) groups excluding carboxylic acids is 1. The van der Waals surface area contributed by atoms with Crippen molar-refractivity contribution in [3.63, 3.8) is 0 Å². The van der Waals surface area contributed by atoms with E-state index in [9.17, 15) is 9.59 Å². The van der Waals surface area contributed by atoms with Gasteiger partial charge >= 0.3 is 5.97 Å². The Morgan fingerprint density at radius 3 is 3.10 bits per heavy atom. The fourth-order valence-corrected chi connectivity index (χ4v) is 2.04. The highest BCUT2D eigenvalue weighted by Crippen LogP contribution is 2.15. The van der Waals surface area contributed by atoms with E-state index in [0.717, 1.165) is 0 Å². The molecule has 20 heavy (non-hydrogen) atoms. The van der Waals surface area contributed by atoms with Crippen molar-refractivity contribution in [3.05, 3.63) is 24.0 Å².